The van der Waals surface area contributed by atoms with Crippen molar-refractivity contribution in [2.75, 3.05) is 5.32 Å². The average Bonchev–Trinajstić information content (AvgIpc) is 2.43. The van der Waals surface area contributed by atoms with Gasteiger partial charge < -0.3 is 15.7 Å². The molecule has 1 atom stereocenters. The van der Waals surface area contributed by atoms with E-state index >= 15 is 0 Å². The van der Waals surface area contributed by atoms with Crippen molar-refractivity contribution in [1.29, 1.82) is 0 Å². The molecule has 0 saturated carbocycles. The second kappa shape index (κ2) is 7.26. The molecule has 6 nitrogen and oxygen atoms in total. The lowest BCUT2D eigenvalue weighted by Gasteiger charge is -2.21. The third-order valence-electron chi connectivity index (χ3n) is 3.32. The first-order chi connectivity index (χ1) is 10.5. The van der Waals surface area contributed by atoms with E-state index in [1.807, 2.05) is 0 Å². The first-order valence-corrected chi connectivity index (χ1v) is 7.48. The molecular weight excluding hydrogens is 296 g/mol. The van der Waals surface area contributed by atoms with E-state index in [0.29, 0.717) is 5.69 Å². The quantitative estimate of drug-likeness (QED) is 0.777. The van der Waals surface area contributed by atoms with Crippen LogP contribution >= 0.6 is 0 Å². The van der Waals surface area contributed by atoms with Crippen molar-refractivity contribution in [1.82, 2.24) is 5.32 Å². The van der Waals surface area contributed by atoms with Crippen LogP contribution in [0.15, 0.2) is 24.3 Å². The Balaban J connectivity index is 3.02. The molecule has 0 bridgehead atoms. The number of nitrogens with one attached hydrogen (secondary N) is 2. The van der Waals surface area contributed by atoms with E-state index in [0.717, 1.165) is 0 Å². The minimum absolute atomic E-state index is 0.226. The maximum atomic E-state index is 12.4. The van der Waals surface area contributed by atoms with Crippen LogP contribution in [0.3, 0.4) is 0 Å². The molecule has 126 valence electrons. The van der Waals surface area contributed by atoms with Crippen molar-refractivity contribution in [3.63, 3.8) is 0 Å². The number of carboxylic acid groups (broad SMARTS) is 1. The molecule has 1 rings (SSSR count). The molecule has 0 aliphatic rings. The summed E-state index contributed by atoms with van der Waals surface area (Å²) in [7, 11) is 0. The van der Waals surface area contributed by atoms with E-state index in [4.69, 9.17) is 0 Å². The number of hydrogen-bond donors (Lipinski definition) is 3. The Kier molecular flexibility index (Phi) is 5.90. The molecule has 0 saturated heterocycles. The van der Waals surface area contributed by atoms with Crippen molar-refractivity contribution < 1.29 is 19.5 Å². The fourth-order valence-electron chi connectivity index (χ4n) is 1.83. The van der Waals surface area contributed by atoms with Crippen LogP contribution < -0.4 is 10.6 Å². The van der Waals surface area contributed by atoms with Gasteiger partial charge >= 0.3 is 5.97 Å². The number of hydrogen-bond acceptors (Lipinski definition) is 3. The minimum atomic E-state index is -1.09. The summed E-state index contributed by atoms with van der Waals surface area (Å²) in [4.78, 5) is 35.7. The minimum Gasteiger partial charge on any atom is -0.480 e. The van der Waals surface area contributed by atoms with Crippen molar-refractivity contribution >= 4 is 23.5 Å². The largest absolute Gasteiger partial charge is 0.480 e. The van der Waals surface area contributed by atoms with Gasteiger partial charge in [-0.25, -0.2) is 4.79 Å². The Hall–Kier alpha value is -2.37. The number of anilines is 1. The molecule has 0 spiro atoms. The van der Waals surface area contributed by atoms with Gasteiger partial charge in [-0.2, -0.15) is 0 Å². The molecule has 6 heteroatoms. The summed E-state index contributed by atoms with van der Waals surface area (Å²) >= 11 is 0. The van der Waals surface area contributed by atoms with E-state index in [-0.39, 0.29) is 17.4 Å². The zero-order chi connectivity index (χ0) is 17.8. The van der Waals surface area contributed by atoms with Crippen LogP contribution in [0.1, 0.15) is 45.0 Å². The van der Waals surface area contributed by atoms with Gasteiger partial charge in [0.25, 0.3) is 5.91 Å². The molecule has 0 aliphatic heterocycles. The fourth-order valence-corrected chi connectivity index (χ4v) is 1.83. The van der Waals surface area contributed by atoms with Gasteiger partial charge in [0.05, 0.1) is 11.3 Å². The second-order valence-corrected chi connectivity index (χ2v) is 6.78. The summed E-state index contributed by atoms with van der Waals surface area (Å²) in [6.07, 6.45) is 0. The number of benzene rings is 1. The van der Waals surface area contributed by atoms with Crippen LogP contribution in [0, 0.1) is 11.3 Å². The first kappa shape index (κ1) is 18.7. The molecule has 0 radical (unpaired) electrons. The van der Waals surface area contributed by atoms with Crippen molar-refractivity contribution in [3.05, 3.63) is 29.8 Å². The maximum absolute atomic E-state index is 12.4. The summed E-state index contributed by atoms with van der Waals surface area (Å²) in [5.74, 6) is -2.11. The second-order valence-electron chi connectivity index (χ2n) is 6.78. The topological polar surface area (TPSA) is 95.5 Å². The van der Waals surface area contributed by atoms with Gasteiger partial charge in [0, 0.05) is 5.41 Å². The number of carbonyl (C=O) groups excluding carboxylic acids is 2. The third kappa shape index (κ3) is 5.09. The summed E-state index contributed by atoms with van der Waals surface area (Å²) in [5, 5.41) is 14.4. The van der Waals surface area contributed by atoms with Crippen LogP contribution in [0.25, 0.3) is 0 Å². The normalized spacial score (nSPS) is 12.6. The Morgan fingerprint density at radius 2 is 1.65 bits per heavy atom. The SMILES string of the molecule is CC(C)C(NC(=O)c1ccccc1NC(=O)C(C)(C)C)C(=O)O. The van der Waals surface area contributed by atoms with Gasteiger partial charge in [0.1, 0.15) is 6.04 Å². The van der Waals surface area contributed by atoms with Gasteiger partial charge in [-0.05, 0) is 18.1 Å². The number of carbonyl (C=O) groups is 3. The molecule has 0 heterocycles. The van der Waals surface area contributed by atoms with Gasteiger partial charge in [-0.3, -0.25) is 9.59 Å². The fraction of sp³-hybridized carbons (Fsp3) is 0.471. The average molecular weight is 320 g/mol. The monoisotopic (exact) mass is 320 g/mol. The molecule has 3 N–H and O–H groups in total. The Labute approximate surface area is 136 Å². The maximum Gasteiger partial charge on any atom is 0.326 e. The molecule has 0 aromatic heterocycles. The summed E-state index contributed by atoms with van der Waals surface area (Å²) in [6.45, 7) is 8.73. The summed E-state index contributed by atoms with van der Waals surface area (Å²) < 4.78 is 0. The van der Waals surface area contributed by atoms with E-state index < -0.39 is 23.3 Å². The van der Waals surface area contributed by atoms with Crippen molar-refractivity contribution in [2.24, 2.45) is 11.3 Å². The number of carboxylic acids is 1. The predicted molar refractivity (Wildman–Crippen MR) is 88.3 cm³/mol. The van der Waals surface area contributed by atoms with Gasteiger partial charge in [-0.15, -0.1) is 0 Å². The zero-order valence-electron chi connectivity index (χ0n) is 14.1. The smallest absolute Gasteiger partial charge is 0.326 e. The van der Waals surface area contributed by atoms with E-state index in [1.165, 1.54) is 0 Å². The summed E-state index contributed by atoms with van der Waals surface area (Å²) in [5.41, 5.74) is -0.0136. The van der Waals surface area contributed by atoms with Gasteiger partial charge in [-0.1, -0.05) is 46.8 Å². The lowest BCUT2D eigenvalue weighted by Crippen LogP contribution is -2.44. The lowest BCUT2D eigenvalue weighted by molar-refractivity contribution is -0.140. The molecule has 23 heavy (non-hydrogen) atoms. The Morgan fingerprint density at radius 1 is 1.09 bits per heavy atom. The van der Waals surface area contributed by atoms with Crippen molar-refractivity contribution in [2.45, 2.75) is 40.7 Å². The highest BCUT2D eigenvalue weighted by molar-refractivity contribution is 6.05. The van der Waals surface area contributed by atoms with Gasteiger partial charge in [0.2, 0.25) is 5.91 Å². The molecule has 1 aromatic rings. The van der Waals surface area contributed by atoms with Crippen LogP contribution in [-0.2, 0) is 9.59 Å². The zero-order valence-corrected chi connectivity index (χ0v) is 14.1. The van der Waals surface area contributed by atoms with Crippen LogP contribution in [-0.4, -0.2) is 28.9 Å². The Bertz CT molecular complexity index is 603. The molecule has 2 amide bonds. The highest BCUT2D eigenvalue weighted by Crippen LogP contribution is 2.20. The number of para-hydroxylation sites is 1. The number of aliphatic carboxylic acids is 1. The Morgan fingerprint density at radius 3 is 2.13 bits per heavy atom. The summed E-state index contributed by atoms with van der Waals surface area (Å²) in [6, 6.07) is 5.53. The van der Waals surface area contributed by atoms with Crippen LogP contribution in [0.2, 0.25) is 0 Å². The highest BCUT2D eigenvalue weighted by Gasteiger charge is 2.26. The van der Waals surface area contributed by atoms with Crippen LogP contribution in [0.5, 0.6) is 0 Å². The predicted octanol–water partition coefficient (Wildman–Crippen LogP) is 2.51. The standard InChI is InChI=1S/C17H24N2O4/c1-10(2)13(15(21)22)19-14(20)11-8-6-7-9-12(11)18-16(23)17(3,4)5/h6-10,13H,1-5H3,(H,18,23)(H,19,20)(H,21,22). The molecule has 1 aromatic carbocycles. The number of rotatable bonds is 5. The van der Waals surface area contributed by atoms with E-state index in [9.17, 15) is 19.5 Å². The number of amides is 2. The van der Waals surface area contributed by atoms with Crippen molar-refractivity contribution in [3.8, 4) is 0 Å². The lowest BCUT2D eigenvalue weighted by atomic mass is 9.95. The highest BCUT2D eigenvalue weighted by atomic mass is 16.4. The third-order valence-corrected chi connectivity index (χ3v) is 3.32. The van der Waals surface area contributed by atoms with Crippen LogP contribution in [0.4, 0.5) is 5.69 Å². The molecule has 1 unspecified atom stereocenters. The first-order valence-electron chi connectivity index (χ1n) is 7.48. The van der Waals surface area contributed by atoms with E-state index in [1.54, 1.807) is 58.9 Å². The molecule has 0 aliphatic carbocycles. The molecular formula is C17H24N2O4. The van der Waals surface area contributed by atoms with E-state index in [2.05, 4.69) is 10.6 Å². The molecule has 0 fully saturated rings. The van der Waals surface area contributed by atoms with Gasteiger partial charge in [0.15, 0.2) is 0 Å².